The van der Waals surface area contributed by atoms with E-state index in [-0.39, 0.29) is 17.2 Å². The Labute approximate surface area is 169 Å². The first-order valence-corrected chi connectivity index (χ1v) is 10.5. The molecule has 2 aromatic rings. The maximum absolute atomic E-state index is 12.9. The summed E-state index contributed by atoms with van der Waals surface area (Å²) in [6.07, 6.45) is 0.101. The van der Waals surface area contributed by atoms with E-state index in [1.807, 2.05) is 0 Å². The number of nitrogens with one attached hydrogen (secondary N) is 1. The zero-order valence-electron chi connectivity index (χ0n) is 15.4. The van der Waals surface area contributed by atoms with Gasteiger partial charge in [-0.2, -0.15) is 4.31 Å². The number of ether oxygens (including phenoxy) is 2. The van der Waals surface area contributed by atoms with Crippen LogP contribution in [0.15, 0.2) is 47.4 Å². The molecule has 1 amide bonds. The number of sulfonamides is 1. The molecule has 0 atom stereocenters. The second-order valence-corrected chi connectivity index (χ2v) is 8.61. The maximum atomic E-state index is 12.9. The van der Waals surface area contributed by atoms with E-state index < -0.39 is 10.0 Å². The molecule has 0 saturated carbocycles. The summed E-state index contributed by atoms with van der Waals surface area (Å²) < 4.78 is 37.6. The smallest absolute Gasteiger partial charge is 0.243 e. The van der Waals surface area contributed by atoms with E-state index in [1.54, 1.807) is 24.3 Å². The van der Waals surface area contributed by atoms with Crippen molar-refractivity contribution >= 4 is 33.2 Å². The highest BCUT2D eigenvalue weighted by Gasteiger charge is 2.27. The molecule has 2 aromatic carbocycles. The third-order valence-corrected chi connectivity index (χ3v) is 6.44. The molecule has 9 heteroatoms. The van der Waals surface area contributed by atoms with Gasteiger partial charge in [-0.3, -0.25) is 4.79 Å². The molecule has 150 valence electrons. The molecule has 0 unspecified atom stereocenters. The lowest BCUT2D eigenvalue weighted by molar-refractivity contribution is -0.115. The Morgan fingerprint density at radius 3 is 2.64 bits per heavy atom. The second-order valence-electron chi connectivity index (χ2n) is 6.23. The Hall–Kier alpha value is -2.13. The molecule has 1 aliphatic rings. The lowest BCUT2D eigenvalue weighted by Gasteiger charge is -2.26. The second kappa shape index (κ2) is 8.91. The number of nitrogens with zero attached hydrogens (tertiary/aromatic N) is 1. The van der Waals surface area contributed by atoms with Crippen LogP contribution in [-0.4, -0.2) is 52.0 Å². The average Bonchev–Trinajstić information content (AvgIpc) is 2.68. The van der Waals surface area contributed by atoms with Crippen molar-refractivity contribution in [3.8, 4) is 5.75 Å². The monoisotopic (exact) mass is 424 g/mol. The van der Waals surface area contributed by atoms with E-state index in [4.69, 9.17) is 21.1 Å². The summed E-state index contributed by atoms with van der Waals surface area (Å²) >= 11 is 5.95. The van der Waals surface area contributed by atoms with E-state index in [0.29, 0.717) is 42.8 Å². The number of halogens is 1. The van der Waals surface area contributed by atoms with Crippen molar-refractivity contribution in [3.05, 3.63) is 53.1 Å². The Kier molecular flexibility index (Phi) is 6.56. The summed E-state index contributed by atoms with van der Waals surface area (Å²) in [6.45, 7) is 1.31. The zero-order valence-corrected chi connectivity index (χ0v) is 16.9. The van der Waals surface area contributed by atoms with Crippen molar-refractivity contribution in [1.82, 2.24) is 4.31 Å². The van der Waals surface area contributed by atoms with Crippen molar-refractivity contribution in [2.45, 2.75) is 11.3 Å². The average molecular weight is 425 g/mol. The van der Waals surface area contributed by atoms with Crippen LogP contribution in [0.25, 0.3) is 0 Å². The fourth-order valence-electron chi connectivity index (χ4n) is 2.91. The Balaban J connectivity index is 1.81. The van der Waals surface area contributed by atoms with Gasteiger partial charge < -0.3 is 14.8 Å². The molecule has 28 heavy (non-hydrogen) atoms. The van der Waals surface area contributed by atoms with Crippen molar-refractivity contribution in [1.29, 1.82) is 0 Å². The van der Waals surface area contributed by atoms with Gasteiger partial charge in [0.2, 0.25) is 15.9 Å². The normalized spacial score (nSPS) is 15.2. The summed E-state index contributed by atoms with van der Waals surface area (Å²) in [5.74, 6) is 0.0712. The fourth-order valence-corrected chi connectivity index (χ4v) is 4.56. The minimum Gasteiger partial charge on any atom is -0.495 e. The minimum atomic E-state index is -3.68. The molecule has 7 nitrogen and oxygen atoms in total. The topological polar surface area (TPSA) is 84.9 Å². The number of rotatable bonds is 6. The lowest BCUT2D eigenvalue weighted by Crippen LogP contribution is -2.40. The van der Waals surface area contributed by atoms with Gasteiger partial charge in [0.05, 0.1) is 37.3 Å². The van der Waals surface area contributed by atoms with Crippen LogP contribution >= 0.6 is 11.6 Å². The molecule has 0 aliphatic carbocycles. The van der Waals surface area contributed by atoms with Gasteiger partial charge in [0.25, 0.3) is 0 Å². The summed E-state index contributed by atoms with van der Waals surface area (Å²) in [7, 11) is -2.22. The Morgan fingerprint density at radius 1 is 1.21 bits per heavy atom. The van der Waals surface area contributed by atoms with Gasteiger partial charge in [-0.1, -0.05) is 23.7 Å². The van der Waals surface area contributed by atoms with Crippen LogP contribution in [0, 0.1) is 0 Å². The molecular weight excluding hydrogens is 404 g/mol. The summed E-state index contributed by atoms with van der Waals surface area (Å²) in [6, 6.07) is 11.4. The van der Waals surface area contributed by atoms with Gasteiger partial charge in [-0.25, -0.2) is 8.42 Å². The molecule has 3 rings (SSSR count). The maximum Gasteiger partial charge on any atom is 0.243 e. The van der Waals surface area contributed by atoms with E-state index in [1.165, 1.54) is 29.6 Å². The van der Waals surface area contributed by atoms with E-state index in [0.717, 1.165) is 5.56 Å². The molecule has 1 fully saturated rings. The number of methoxy groups -OCH3 is 1. The van der Waals surface area contributed by atoms with Crippen LogP contribution in [0.5, 0.6) is 5.75 Å². The quantitative estimate of drug-likeness (QED) is 0.770. The molecular formula is C19H21ClN2O5S. The molecule has 0 aromatic heterocycles. The number of anilines is 1. The molecule has 1 saturated heterocycles. The first-order chi connectivity index (χ1) is 13.4. The van der Waals surface area contributed by atoms with E-state index >= 15 is 0 Å². The van der Waals surface area contributed by atoms with Gasteiger partial charge in [0.1, 0.15) is 5.75 Å². The summed E-state index contributed by atoms with van der Waals surface area (Å²) in [4.78, 5) is 12.5. The number of carbonyl (C=O) groups is 1. The van der Waals surface area contributed by atoms with Gasteiger partial charge in [-0.05, 0) is 35.9 Å². The van der Waals surface area contributed by atoms with Crippen LogP contribution in [0.3, 0.4) is 0 Å². The Bertz CT molecular complexity index is 959. The first-order valence-electron chi connectivity index (χ1n) is 8.70. The van der Waals surface area contributed by atoms with Gasteiger partial charge in [0, 0.05) is 18.1 Å². The van der Waals surface area contributed by atoms with Crippen LogP contribution < -0.4 is 10.1 Å². The SMILES string of the molecule is COc1ccc(S(=O)(=O)N2CCOCC2)cc1NC(=O)Cc1cccc(Cl)c1. The number of hydrogen-bond donors (Lipinski definition) is 1. The van der Waals surface area contributed by atoms with Crippen molar-refractivity contribution < 1.29 is 22.7 Å². The molecule has 0 radical (unpaired) electrons. The molecule has 1 heterocycles. The molecule has 0 bridgehead atoms. The minimum absolute atomic E-state index is 0.0910. The third-order valence-electron chi connectivity index (χ3n) is 4.31. The van der Waals surface area contributed by atoms with Crippen LogP contribution in [0.4, 0.5) is 5.69 Å². The molecule has 1 N–H and O–H groups in total. The van der Waals surface area contributed by atoms with E-state index in [2.05, 4.69) is 5.32 Å². The standard InChI is InChI=1S/C19H21ClN2O5S/c1-26-18-6-5-16(28(24,25)22-7-9-27-10-8-22)13-17(18)21-19(23)12-14-3-2-4-15(20)11-14/h2-6,11,13H,7-10,12H2,1H3,(H,21,23). The van der Waals surface area contributed by atoms with Crippen molar-refractivity contribution in [3.63, 3.8) is 0 Å². The van der Waals surface area contributed by atoms with Crippen LogP contribution in [0.2, 0.25) is 5.02 Å². The van der Waals surface area contributed by atoms with Crippen LogP contribution in [-0.2, 0) is 26.0 Å². The van der Waals surface area contributed by atoms with Crippen molar-refractivity contribution in [2.75, 3.05) is 38.7 Å². The zero-order chi connectivity index (χ0) is 20.1. The highest BCUT2D eigenvalue weighted by Crippen LogP contribution is 2.29. The Morgan fingerprint density at radius 2 is 1.96 bits per heavy atom. The van der Waals surface area contributed by atoms with Crippen molar-refractivity contribution in [2.24, 2.45) is 0 Å². The highest BCUT2D eigenvalue weighted by molar-refractivity contribution is 7.89. The number of morpholine rings is 1. The van der Waals surface area contributed by atoms with Gasteiger partial charge in [-0.15, -0.1) is 0 Å². The van der Waals surface area contributed by atoms with Gasteiger partial charge in [0.15, 0.2) is 0 Å². The van der Waals surface area contributed by atoms with Crippen LogP contribution in [0.1, 0.15) is 5.56 Å². The summed E-state index contributed by atoms with van der Waals surface area (Å²) in [5.41, 5.74) is 1.05. The highest BCUT2D eigenvalue weighted by atomic mass is 35.5. The predicted molar refractivity (Wildman–Crippen MR) is 106 cm³/mol. The first kappa shape index (κ1) is 20.6. The molecule has 0 spiro atoms. The number of carbonyl (C=O) groups excluding carboxylic acids is 1. The van der Waals surface area contributed by atoms with Gasteiger partial charge >= 0.3 is 0 Å². The molecule has 1 aliphatic heterocycles. The lowest BCUT2D eigenvalue weighted by atomic mass is 10.1. The summed E-state index contributed by atoms with van der Waals surface area (Å²) in [5, 5.41) is 3.27. The third kappa shape index (κ3) is 4.82. The largest absolute Gasteiger partial charge is 0.495 e. The fraction of sp³-hybridized carbons (Fsp3) is 0.316. The number of benzene rings is 2. The number of amides is 1. The predicted octanol–water partition coefficient (Wildman–Crippen LogP) is 2.55. The number of hydrogen-bond acceptors (Lipinski definition) is 5. The van der Waals surface area contributed by atoms with E-state index in [9.17, 15) is 13.2 Å².